The molecule has 0 aromatic heterocycles. The van der Waals surface area contributed by atoms with Gasteiger partial charge in [0, 0.05) is 21.8 Å². The van der Waals surface area contributed by atoms with Crippen molar-refractivity contribution in [3.05, 3.63) is 86.4 Å². The number of carbonyl (C=O) groups excluding carboxylic acids is 3. The molecule has 8 nitrogen and oxygen atoms in total. The van der Waals surface area contributed by atoms with Crippen LogP contribution >= 0.6 is 46.6 Å². The van der Waals surface area contributed by atoms with Gasteiger partial charge in [0.15, 0.2) is 12.4 Å². The number of nitrogens with zero attached hydrogens (tertiary/aromatic N) is 2. The van der Waals surface area contributed by atoms with Crippen LogP contribution in [0.25, 0.3) is 0 Å². The van der Waals surface area contributed by atoms with Gasteiger partial charge in [0.1, 0.15) is 16.7 Å². The van der Waals surface area contributed by atoms with Crippen molar-refractivity contribution in [1.29, 1.82) is 0 Å². The molecule has 3 aromatic carbocycles. The fourth-order valence-corrected chi connectivity index (χ4v) is 6.83. The second-order valence-electron chi connectivity index (χ2n) is 12.7. The van der Waals surface area contributed by atoms with Crippen LogP contribution in [0.2, 0.25) is 15.1 Å². The summed E-state index contributed by atoms with van der Waals surface area (Å²) >= 11 is 20.1. The predicted octanol–water partition coefficient (Wildman–Crippen LogP) is 9.25. The summed E-state index contributed by atoms with van der Waals surface area (Å²) in [7, 11) is 0. The number of hydrazone groups is 1. The van der Waals surface area contributed by atoms with E-state index in [4.69, 9.17) is 39.5 Å². The molecular formula is C36H41Cl3N4O4S. The largest absolute Gasteiger partial charge is 0.483 e. The molecule has 1 aliphatic heterocycles. The molecule has 0 fully saturated rings. The van der Waals surface area contributed by atoms with Crippen LogP contribution in [-0.2, 0) is 20.4 Å². The number of hydrogen-bond acceptors (Lipinski definition) is 6. The number of nitrogens with one attached hydrogen (secondary N) is 2. The molecule has 48 heavy (non-hydrogen) atoms. The van der Waals surface area contributed by atoms with Gasteiger partial charge >= 0.3 is 0 Å². The lowest BCUT2D eigenvalue weighted by molar-refractivity contribution is -0.118. The lowest BCUT2D eigenvalue weighted by Gasteiger charge is -2.30. The molecule has 1 atom stereocenters. The minimum atomic E-state index is -0.786. The minimum Gasteiger partial charge on any atom is -0.483 e. The highest BCUT2D eigenvalue weighted by Crippen LogP contribution is 2.40. The molecule has 1 unspecified atom stereocenters. The number of amidine groups is 1. The number of rotatable bonds is 12. The molecule has 0 radical (unpaired) electrons. The summed E-state index contributed by atoms with van der Waals surface area (Å²) in [5.41, 5.74) is 2.99. The van der Waals surface area contributed by atoms with Crippen molar-refractivity contribution in [3.8, 4) is 5.75 Å². The Labute approximate surface area is 301 Å². The second-order valence-corrected chi connectivity index (χ2v) is 15.4. The highest BCUT2D eigenvalue weighted by molar-refractivity contribution is 8.01. The van der Waals surface area contributed by atoms with Crippen LogP contribution in [0.3, 0.4) is 0 Å². The molecule has 0 saturated carbocycles. The summed E-state index contributed by atoms with van der Waals surface area (Å²) in [4.78, 5) is 39.7. The van der Waals surface area contributed by atoms with E-state index in [0.717, 1.165) is 23.4 Å². The van der Waals surface area contributed by atoms with Gasteiger partial charge in [-0.2, -0.15) is 5.01 Å². The van der Waals surface area contributed by atoms with Crippen LogP contribution in [0, 0.1) is 0 Å². The minimum absolute atomic E-state index is 0.0128. The van der Waals surface area contributed by atoms with Crippen molar-refractivity contribution in [2.24, 2.45) is 5.10 Å². The fraction of sp³-hybridized carbons (Fsp3) is 0.389. The van der Waals surface area contributed by atoms with E-state index in [1.807, 2.05) is 13.0 Å². The molecular weight excluding hydrogens is 691 g/mol. The predicted molar refractivity (Wildman–Crippen MR) is 199 cm³/mol. The summed E-state index contributed by atoms with van der Waals surface area (Å²) in [5, 5.41) is 10.9. The molecule has 0 bridgehead atoms. The zero-order chi connectivity index (χ0) is 35.4. The van der Waals surface area contributed by atoms with E-state index in [1.165, 1.54) is 29.5 Å². The number of anilines is 2. The summed E-state index contributed by atoms with van der Waals surface area (Å²) in [6.45, 7) is 14.8. The number of carbonyl (C=O) groups is 3. The molecule has 1 aliphatic rings. The first kappa shape index (κ1) is 37.6. The molecule has 3 amide bonds. The zero-order valence-electron chi connectivity index (χ0n) is 28.2. The van der Waals surface area contributed by atoms with Crippen molar-refractivity contribution in [2.45, 2.75) is 77.4 Å². The van der Waals surface area contributed by atoms with Gasteiger partial charge in [0.2, 0.25) is 0 Å². The van der Waals surface area contributed by atoms with Gasteiger partial charge < -0.3 is 15.4 Å². The second kappa shape index (κ2) is 15.5. The normalized spacial score (nSPS) is 15.0. The van der Waals surface area contributed by atoms with E-state index in [9.17, 15) is 14.4 Å². The molecule has 256 valence electrons. The molecule has 0 aliphatic carbocycles. The monoisotopic (exact) mass is 730 g/mol. The van der Waals surface area contributed by atoms with Crippen LogP contribution in [0.4, 0.5) is 11.4 Å². The van der Waals surface area contributed by atoms with Crippen LogP contribution < -0.4 is 20.4 Å². The third-order valence-corrected chi connectivity index (χ3v) is 10.6. The van der Waals surface area contributed by atoms with Crippen LogP contribution in [0.15, 0.2) is 59.7 Å². The third-order valence-electron chi connectivity index (χ3n) is 8.68. The SMILES string of the molecule is CCSC1C(=O)N(c2c(Cl)cc(Cl)cc2Cl)N=C1NC(=O)c1cccc(NC(=O)COc2ccc(C(C)(C)CC)cc2C(C)(C)CC)c1. The first-order valence-electron chi connectivity index (χ1n) is 15.8. The molecule has 0 saturated heterocycles. The molecule has 3 aromatic rings. The van der Waals surface area contributed by atoms with Crippen molar-refractivity contribution < 1.29 is 19.1 Å². The average molecular weight is 732 g/mol. The Kier molecular flexibility index (Phi) is 12.2. The van der Waals surface area contributed by atoms with Gasteiger partial charge in [0.25, 0.3) is 17.7 Å². The molecule has 12 heteroatoms. The van der Waals surface area contributed by atoms with E-state index < -0.39 is 17.1 Å². The zero-order valence-corrected chi connectivity index (χ0v) is 31.3. The maximum atomic E-state index is 13.4. The van der Waals surface area contributed by atoms with Crippen LogP contribution in [0.1, 0.15) is 82.8 Å². The number of thioether (sulfide) groups is 1. The number of ether oxygens (including phenoxy) is 1. The lowest BCUT2D eigenvalue weighted by Crippen LogP contribution is -2.39. The topological polar surface area (TPSA) is 100 Å². The van der Waals surface area contributed by atoms with Gasteiger partial charge in [-0.3, -0.25) is 14.4 Å². The first-order valence-corrected chi connectivity index (χ1v) is 18.0. The lowest BCUT2D eigenvalue weighted by atomic mass is 9.76. The van der Waals surface area contributed by atoms with E-state index in [1.54, 1.807) is 24.3 Å². The van der Waals surface area contributed by atoms with Gasteiger partial charge in [0.05, 0.1) is 10.0 Å². The van der Waals surface area contributed by atoms with E-state index in [0.29, 0.717) is 22.2 Å². The Hall–Kier alpha value is -3.24. The van der Waals surface area contributed by atoms with Crippen molar-refractivity contribution in [3.63, 3.8) is 0 Å². The third kappa shape index (κ3) is 8.48. The summed E-state index contributed by atoms with van der Waals surface area (Å²) < 4.78 is 6.07. The van der Waals surface area contributed by atoms with Gasteiger partial charge in [-0.25, -0.2) is 0 Å². The quantitative estimate of drug-likeness (QED) is 0.194. The first-order chi connectivity index (χ1) is 22.6. The molecule has 0 spiro atoms. The number of amides is 3. The van der Waals surface area contributed by atoms with E-state index >= 15 is 0 Å². The van der Waals surface area contributed by atoms with Crippen molar-refractivity contribution >= 4 is 81.5 Å². The smallest absolute Gasteiger partial charge is 0.268 e. The van der Waals surface area contributed by atoms with E-state index in [-0.39, 0.29) is 50.5 Å². The Bertz CT molecular complexity index is 1720. The van der Waals surface area contributed by atoms with Crippen molar-refractivity contribution in [2.75, 3.05) is 22.7 Å². The summed E-state index contributed by atoms with van der Waals surface area (Å²) in [6, 6.07) is 15.6. The highest BCUT2D eigenvalue weighted by atomic mass is 35.5. The van der Waals surface area contributed by atoms with Gasteiger partial charge in [-0.1, -0.05) is 101 Å². The number of benzene rings is 3. The Morgan fingerprint density at radius 3 is 2.21 bits per heavy atom. The molecule has 4 rings (SSSR count). The Balaban J connectivity index is 1.48. The maximum Gasteiger partial charge on any atom is 0.268 e. The maximum absolute atomic E-state index is 13.4. The molecule has 1 heterocycles. The van der Waals surface area contributed by atoms with Crippen molar-refractivity contribution in [1.82, 2.24) is 5.32 Å². The standard InChI is InChI=1S/C36H41Cl3N4O4S/c1-8-35(4,5)22-14-15-28(25(17-22)36(6,7)9-2)47-20-29(44)40-24-13-11-12-21(16-24)33(45)41-32-31(48-10-3)34(46)43(42-32)30-26(38)18-23(37)19-27(30)39/h11-19,31H,8-10,20H2,1-7H3,(H,40,44)(H,41,42,45). The van der Waals surface area contributed by atoms with Crippen LogP contribution in [0.5, 0.6) is 5.75 Å². The average Bonchev–Trinajstić information content (AvgIpc) is 3.33. The summed E-state index contributed by atoms with van der Waals surface area (Å²) in [6.07, 6.45) is 1.90. The fourth-order valence-electron chi connectivity index (χ4n) is 5.01. The Morgan fingerprint density at radius 2 is 1.58 bits per heavy atom. The van der Waals surface area contributed by atoms with Gasteiger partial charge in [-0.15, -0.1) is 16.9 Å². The summed E-state index contributed by atoms with van der Waals surface area (Å²) in [5.74, 6) is 0.112. The number of hydrogen-bond donors (Lipinski definition) is 2. The van der Waals surface area contributed by atoms with Gasteiger partial charge in [-0.05, 0) is 71.4 Å². The van der Waals surface area contributed by atoms with Crippen LogP contribution in [-0.4, -0.2) is 41.2 Å². The molecule has 2 N–H and O–H groups in total. The highest BCUT2D eigenvalue weighted by Gasteiger charge is 2.39. The van der Waals surface area contributed by atoms with E-state index in [2.05, 4.69) is 69.4 Å². The number of halogens is 3. The Morgan fingerprint density at radius 1 is 0.917 bits per heavy atom.